The Morgan fingerprint density at radius 2 is 1.18 bits per heavy atom. The van der Waals surface area contributed by atoms with E-state index >= 15 is 0 Å². The molecule has 0 aliphatic heterocycles. The molecule has 0 aliphatic rings. The van der Waals surface area contributed by atoms with Crippen LogP contribution >= 0.6 is 0 Å². The maximum absolute atomic E-state index is 10.1. The molecule has 7 heteroatoms. The first-order chi connectivity index (χ1) is 12.8. The predicted octanol–water partition coefficient (Wildman–Crippen LogP) is -0.00110. The van der Waals surface area contributed by atoms with Gasteiger partial charge in [-0.2, -0.15) is 0 Å². The maximum atomic E-state index is 10.1. The van der Waals surface area contributed by atoms with E-state index in [9.17, 15) is 25.5 Å². The molecule has 0 spiro atoms. The highest BCUT2D eigenvalue weighted by Gasteiger charge is 2.61. The van der Waals surface area contributed by atoms with Gasteiger partial charge in [-0.1, -0.05) is 88.6 Å². The average Bonchev–Trinajstić information content (AvgIpc) is 2.62. The quantitative estimate of drug-likeness (QED) is 0.151. The predicted molar refractivity (Wildman–Crippen MR) is 111 cm³/mol. The first kappa shape index (κ1) is 27.7. The summed E-state index contributed by atoms with van der Waals surface area (Å²) < 4.78 is 0. The largest absolute Gasteiger partial charge is 1.00 e. The summed E-state index contributed by atoms with van der Waals surface area (Å²) in [4.78, 5) is 0. The van der Waals surface area contributed by atoms with E-state index < -0.39 is 22.0 Å². The summed E-state index contributed by atoms with van der Waals surface area (Å²) in [5.41, 5.74) is 0.865. The monoisotopic (exact) mass is 436 g/mol. The van der Waals surface area contributed by atoms with Gasteiger partial charge >= 0.3 is 11.1 Å². The molecule has 0 aliphatic carbocycles. The fraction of sp³-hybridized carbons (Fsp3) is 0.714. The number of halogens is 1. The minimum absolute atomic E-state index is 0. The molecule has 1 rings (SSSR count). The van der Waals surface area contributed by atoms with Gasteiger partial charge in [0.15, 0.2) is 0 Å². The van der Waals surface area contributed by atoms with Crippen molar-refractivity contribution in [3.63, 3.8) is 0 Å². The van der Waals surface area contributed by atoms with Crippen LogP contribution in [-0.2, 0) is 16.6 Å². The van der Waals surface area contributed by atoms with Gasteiger partial charge in [0.25, 0.3) is 0 Å². The topological polar surface area (TPSA) is 101 Å². The van der Waals surface area contributed by atoms with Crippen molar-refractivity contribution < 1.29 is 37.9 Å². The normalized spacial score (nSPS) is 13.2. The van der Waals surface area contributed by atoms with Gasteiger partial charge in [-0.25, -0.2) is 0 Å². The lowest BCUT2D eigenvalue weighted by Gasteiger charge is -2.29. The van der Waals surface area contributed by atoms with Crippen LogP contribution in [0.4, 0.5) is 0 Å². The third-order valence-electron chi connectivity index (χ3n) is 4.77. The summed E-state index contributed by atoms with van der Waals surface area (Å²) >= 11 is 0. The highest BCUT2D eigenvalue weighted by molar-refractivity contribution is 7.97. The first-order valence-electron chi connectivity index (χ1n) is 10.1. The Bertz CT molecular complexity index is 493. The van der Waals surface area contributed by atoms with Gasteiger partial charge in [0.1, 0.15) is 11.5 Å². The Hall–Kier alpha value is -0.340. The Labute approximate surface area is 178 Å². The summed E-state index contributed by atoms with van der Waals surface area (Å²) in [5.74, 6) is -2.85. The number of hydrogen-bond donors (Lipinski definition) is 5. The first-order valence-corrected chi connectivity index (χ1v) is 11.7. The standard InChI is InChI=1S/C21H37O5S.ClH/c1-2-3-4-5-6-7-8-9-10-14-17-27(21(25,26)20(22,23)24)18-19-15-12-11-13-16-19;/h11-13,15-16,22-26H,2-10,14,17-18H2,1H3;1H/q+1;/p-1. The second-order valence-electron chi connectivity index (χ2n) is 7.25. The summed E-state index contributed by atoms with van der Waals surface area (Å²) in [7, 11) is -1.21. The van der Waals surface area contributed by atoms with Gasteiger partial charge in [0.2, 0.25) is 0 Å². The van der Waals surface area contributed by atoms with Crippen molar-refractivity contribution in [2.45, 2.75) is 88.0 Å². The molecule has 28 heavy (non-hydrogen) atoms. The third-order valence-corrected chi connectivity index (χ3v) is 7.31. The molecular formula is C21H37ClO5S. The minimum Gasteiger partial charge on any atom is -1.00 e. The van der Waals surface area contributed by atoms with Crippen molar-refractivity contribution in [3.05, 3.63) is 35.9 Å². The molecular weight excluding hydrogens is 400 g/mol. The van der Waals surface area contributed by atoms with Crippen LogP contribution in [0.5, 0.6) is 0 Å². The van der Waals surface area contributed by atoms with E-state index in [1.165, 1.54) is 44.9 Å². The fourth-order valence-electron chi connectivity index (χ4n) is 3.05. The van der Waals surface area contributed by atoms with Crippen molar-refractivity contribution in [1.82, 2.24) is 0 Å². The minimum atomic E-state index is -3.54. The van der Waals surface area contributed by atoms with E-state index in [2.05, 4.69) is 6.92 Å². The Morgan fingerprint density at radius 3 is 1.64 bits per heavy atom. The lowest BCUT2D eigenvalue weighted by molar-refractivity contribution is -0.413. The number of benzene rings is 1. The van der Waals surface area contributed by atoms with Crippen molar-refractivity contribution in [3.8, 4) is 0 Å². The molecule has 5 N–H and O–H groups in total. The van der Waals surface area contributed by atoms with Gasteiger partial charge in [-0.05, 0) is 12.8 Å². The second kappa shape index (κ2) is 14.6. The summed E-state index contributed by atoms with van der Waals surface area (Å²) in [5, 5.41) is 45.4. The fourth-order valence-corrected chi connectivity index (χ4v) is 5.21. The van der Waals surface area contributed by atoms with Gasteiger partial charge in [0, 0.05) is 5.56 Å². The summed E-state index contributed by atoms with van der Waals surface area (Å²) in [6, 6.07) is 9.25. The molecule has 0 saturated heterocycles. The van der Waals surface area contributed by atoms with Crippen molar-refractivity contribution >= 4 is 10.9 Å². The molecule has 1 atom stereocenters. The van der Waals surface area contributed by atoms with Crippen LogP contribution in [0.3, 0.4) is 0 Å². The van der Waals surface area contributed by atoms with E-state index in [0.717, 1.165) is 24.8 Å². The number of hydrogen-bond acceptors (Lipinski definition) is 5. The van der Waals surface area contributed by atoms with Crippen LogP contribution in [0.25, 0.3) is 0 Å². The van der Waals surface area contributed by atoms with Crippen LogP contribution in [0, 0.1) is 0 Å². The number of rotatable bonds is 15. The zero-order valence-electron chi connectivity index (χ0n) is 16.9. The van der Waals surface area contributed by atoms with Crippen LogP contribution in [0.2, 0.25) is 0 Å². The lowest BCUT2D eigenvalue weighted by Crippen LogP contribution is -3.00. The van der Waals surface area contributed by atoms with Crippen molar-refractivity contribution in [2.75, 3.05) is 5.75 Å². The van der Waals surface area contributed by atoms with E-state index in [1.54, 1.807) is 0 Å². The zero-order valence-corrected chi connectivity index (χ0v) is 18.5. The van der Waals surface area contributed by atoms with Gasteiger partial charge in [-0.15, -0.1) is 0 Å². The maximum Gasteiger partial charge on any atom is 0.419 e. The summed E-state index contributed by atoms with van der Waals surface area (Å²) in [6.45, 7) is 2.22. The van der Waals surface area contributed by atoms with Crippen LogP contribution in [0.15, 0.2) is 30.3 Å². The Kier molecular flexibility index (Phi) is 14.4. The molecule has 1 unspecified atom stereocenters. The van der Waals surface area contributed by atoms with E-state index in [0.29, 0.717) is 5.75 Å². The molecule has 1 aromatic carbocycles. The molecule has 0 bridgehead atoms. The van der Waals surface area contributed by atoms with Crippen molar-refractivity contribution in [2.24, 2.45) is 0 Å². The van der Waals surface area contributed by atoms with Crippen LogP contribution in [-0.4, -0.2) is 42.4 Å². The Balaban J connectivity index is 0.00000729. The smallest absolute Gasteiger partial charge is 0.419 e. The Morgan fingerprint density at radius 1 is 0.714 bits per heavy atom. The molecule has 5 nitrogen and oxygen atoms in total. The SMILES string of the molecule is CCCCCCCCCCCC[S+](Cc1ccccc1)C(O)(O)C(O)(O)O.[Cl-]. The van der Waals surface area contributed by atoms with E-state index in [1.807, 2.05) is 30.3 Å². The van der Waals surface area contributed by atoms with Crippen molar-refractivity contribution in [1.29, 1.82) is 0 Å². The van der Waals surface area contributed by atoms with E-state index in [-0.39, 0.29) is 18.2 Å². The average molecular weight is 437 g/mol. The van der Waals surface area contributed by atoms with Gasteiger partial charge in [0.05, 0.1) is 10.9 Å². The molecule has 1 aromatic rings. The molecule has 0 aromatic heterocycles. The molecule has 164 valence electrons. The highest BCUT2D eigenvalue weighted by atomic mass is 35.5. The van der Waals surface area contributed by atoms with Gasteiger partial charge < -0.3 is 37.9 Å². The van der Waals surface area contributed by atoms with Gasteiger partial charge in [-0.3, -0.25) is 0 Å². The van der Waals surface area contributed by atoms with Crippen LogP contribution in [0.1, 0.15) is 76.7 Å². The number of unbranched alkanes of at least 4 members (excludes halogenated alkanes) is 9. The molecule has 0 fully saturated rings. The van der Waals surface area contributed by atoms with E-state index in [4.69, 9.17) is 0 Å². The van der Waals surface area contributed by atoms with Crippen LogP contribution < -0.4 is 12.4 Å². The number of aliphatic hydroxyl groups is 5. The summed E-state index contributed by atoms with van der Waals surface area (Å²) in [6.07, 6.45) is 11.7. The highest BCUT2D eigenvalue weighted by Crippen LogP contribution is 2.28. The molecule has 0 saturated carbocycles. The third kappa shape index (κ3) is 10.4. The molecule has 0 heterocycles. The molecule has 0 radical (unpaired) electrons. The molecule has 0 amide bonds. The zero-order chi connectivity index (χ0) is 20.2. The second-order valence-corrected chi connectivity index (χ2v) is 9.50. The lowest BCUT2D eigenvalue weighted by atomic mass is 10.1.